The second kappa shape index (κ2) is 5.20. The molecule has 0 atom stereocenters. The van der Waals surface area contributed by atoms with Gasteiger partial charge in [0.25, 0.3) is 0 Å². The molecule has 0 aliphatic rings. The first kappa shape index (κ1) is 12.8. The normalized spacial score (nSPS) is 10.5. The summed E-state index contributed by atoms with van der Waals surface area (Å²) < 4.78 is 29.3. The summed E-state index contributed by atoms with van der Waals surface area (Å²) in [7, 11) is 0. The van der Waals surface area contributed by atoms with Gasteiger partial charge in [0.05, 0.1) is 3.57 Å². The first-order chi connectivity index (χ1) is 6.91. The third-order valence-corrected chi connectivity index (χ3v) is 3.17. The second-order valence-corrected chi connectivity index (χ2v) is 4.69. The van der Waals surface area contributed by atoms with Crippen LogP contribution in [0.2, 0.25) is 0 Å². The van der Waals surface area contributed by atoms with Gasteiger partial charge in [-0.05, 0) is 41.6 Å². The Hall–Kier alpha value is -0.240. The zero-order valence-corrected chi connectivity index (χ0v) is 11.3. The molecule has 0 fully saturated rings. The van der Waals surface area contributed by atoms with E-state index < -0.39 is 6.61 Å². The van der Waals surface area contributed by atoms with Gasteiger partial charge in [-0.15, -0.1) is 0 Å². The third kappa shape index (κ3) is 3.37. The van der Waals surface area contributed by atoms with Crippen LogP contribution in [0.1, 0.15) is 17.3 Å². The fraction of sp³-hybridized carbons (Fsp3) is 0.222. The van der Waals surface area contributed by atoms with Gasteiger partial charge in [-0.1, -0.05) is 15.9 Å². The number of rotatable bonds is 3. The number of halogens is 4. The molecule has 0 amide bonds. The van der Waals surface area contributed by atoms with Gasteiger partial charge in [-0.2, -0.15) is 8.78 Å². The Labute approximate surface area is 107 Å². The largest absolute Gasteiger partial charge is 0.434 e. The molecule has 82 valence electrons. The van der Waals surface area contributed by atoms with Crippen molar-refractivity contribution in [2.75, 3.05) is 0 Å². The Morgan fingerprint density at radius 3 is 2.60 bits per heavy atom. The van der Waals surface area contributed by atoms with Crippen LogP contribution in [0.5, 0.6) is 5.75 Å². The molecule has 0 spiro atoms. The predicted molar refractivity (Wildman–Crippen MR) is 63.5 cm³/mol. The van der Waals surface area contributed by atoms with E-state index in [9.17, 15) is 13.6 Å². The lowest BCUT2D eigenvalue weighted by atomic mass is 10.1. The quantitative estimate of drug-likeness (QED) is 0.578. The minimum atomic E-state index is -2.90. The van der Waals surface area contributed by atoms with Crippen molar-refractivity contribution in [3.8, 4) is 5.75 Å². The molecule has 2 nitrogen and oxygen atoms in total. The molecular formula is C9H6BrF2IO2. The van der Waals surface area contributed by atoms with Crippen LogP contribution >= 0.6 is 38.5 Å². The summed E-state index contributed by atoms with van der Waals surface area (Å²) in [5, 5.41) is 0. The van der Waals surface area contributed by atoms with E-state index in [1.165, 1.54) is 13.0 Å². The van der Waals surface area contributed by atoms with E-state index in [0.29, 0.717) is 13.6 Å². The van der Waals surface area contributed by atoms with Gasteiger partial charge >= 0.3 is 6.61 Å². The van der Waals surface area contributed by atoms with E-state index in [2.05, 4.69) is 20.7 Å². The number of hydrogen-bond donors (Lipinski definition) is 0. The van der Waals surface area contributed by atoms with Crippen molar-refractivity contribution in [2.24, 2.45) is 0 Å². The molecule has 6 heteroatoms. The van der Waals surface area contributed by atoms with E-state index in [0.717, 1.165) is 0 Å². The first-order valence-electron chi connectivity index (χ1n) is 3.86. The molecule has 0 aromatic heterocycles. The van der Waals surface area contributed by atoms with Crippen LogP contribution in [0.15, 0.2) is 16.6 Å². The predicted octanol–water partition coefficient (Wildman–Crippen LogP) is 3.86. The standard InChI is InChI=1S/C9H6BrF2IO2/c1-4(14)6-2-5(10)3-7(8(6)13)15-9(11)12/h2-3,9H,1H3. The maximum Gasteiger partial charge on any atom is 0.387 e. The van der Waals surface area contributed by atoms with Crippen LogP contribution in [0, 0.1) is 3.57 Å². The van der Waals surface area contributed by atoms with Gasteiger partial charge in [-0.3, -0.25) is 4.79 Å². The molecule has 0 radical (unpaired) electrons. The lowest BCUT2D eigenvalue weighted by Gasteiger charge is -2.10. The van der Waals surface area contributed by atoms with E-state index in [1.54, 1.807) is 28.7 Å². The van der Waals surface area contributed by atoms with Crippen molar-refractivity contribution in [1.29, 1.82) is 0 Å². The zero-order chi connectivity index (χ0) is 11.6. The van der Waals surface area contributed by atoms with Gasteiger partial charge in [-0.25, -0.2) is 0 Å². The minimum absolute atomic E-state index is 0.00479. The van der Waals surface area contributed by atoms with Crippen LogP contribution in [0.4, 0.5) is 8.78 Å². The highest BCUT2D eigenvalue weighted by molar-refractivity contribution is 14.1. The highest BCUT2D eigenvalue weighted by Crippen LogP contribution is 2.30. The number of alkyl halides is 2. The van der Waals surface area contributed by atoms with E-state index in [1.807, 2.05) is 0 Å². The van der Waals surface area contributed by atoms with Gasteiger partial charge in [0.2, 0.25) is 0 Å². The van der Waals surface area contributed by atoms with Crippen LogP contribution in [-0.4, -0.2) is 12.4 Å². The molecule has 0 heterocycles. The van der Waals surface area contributed by atoms with E-state index in [-0.39, 0.29) is 11.5 Å². The number of benzene rings is 1. The molecule has 0 bridgehead atoms. The van der Waals surface area contributed by atoms with Crippen molar-refractivity contribution in [1.82, 2.24) is 0 Å². The number of carbonyl (C=O) groups excluding carboxylic acids is 1. The van der Waals surface area contributed by atoms with Gasteiger partial charge in [0.1, 0.15) is 5.75 Å². The average molecular weight is 391 g/mol. The minimum Gasteiger partial charge on any atom is -0.434 e. The number of hydrogen-bond acceptors (Lipinski definition) is 2. The Morgan fingerprint density at radius 2 is 2.13 bits per heavy atom. The molecule has 15 heavy (non-hydrogen) atoms. The smallest absolute Gasteiger partial charge is 0.387 e. The van der Waals surface area contributed by atoms with Crippen LogP contribution in [-0.2, 0) is 0 Å². The lowest BCUT2D eigenvalue weighted by molar-refractivity contribution is -0.0505. The Bertz CT molecular complexity index is 396. The first-order valence-corrected chi connectivity index (χ1v) is 5.73. The monoisotopic (exact) mass is 390 g/mol. The highest BCUT2D eigenvalue weighted by atomic mass is 127. The molecule has 0 unspecified atom stereocenters. The summed E-state index contributed by atoms with van der Waals surface area (Å²) in [6.07, 6.45) is 0. The van der Waals surface area contributed by atoms with E-state index in [4.69, 9.17) is 0 Å². The molecule has 1 aromatic rings. The highest BCUT2D eigenvalue weighted by Gasteiger charge is 2.15. The summed E-state index contributed by atoms with van der Waals surface area (Å²) in [4.78, 5) is 11.2. The Morgan fingerprint density at radius 1 is 1.53 bits per heavy atom. The molecule has 1 rings (SSSR count). The van der Waals surface area contributed by atoms with Crippen molar-refractivity contribution < 1.29 is 18.3 Å². The van der Waals surface area contributed by atoms with Crippen molar-refractivity contribution in [3.63, 3.8) is 0 Å². The number of ether oxygens (including phenoxy) is 1. The molecule has 0 saturated heterocycles. The SMILES string of the molecule is CC(=O)c1cc(Br)cc(OC(F)F)c1I. The van der Waals surface area contributed by atoms with Gasteiger partial charge in [0.15, 0.2) is 5.78 Å². The zero-order valence-electron chi connectivity index (χ0n) is 7.56. The van der Waals surface area contributed by atoms with Crippen molar-refractivity contribution in [3.05, 3.63) is 25.7 Å². The fourth-order valence-corrected chi connectivity index (χ4v) is 2.26. The molecule has 1 aromatic carbocycles. The maximum absolute atomic E-state index is 12.0. The van der Waals surface area contributed by atoms with Gasteiger partial charge < -0.3 is 4.74 Å². The van der Waals surface area contributed by atoms with Crippen LogP contribution < -0.4 is 4.74 Å². The number of ketones is 1. The van der Waals surface area contributed by atoms with Crippen LogP contribution in [0.25, 0.3) is 0 Å². The second-order valence-electron chi connectivity index (χ2n) is 2.70. The number of Topliss-reactive ketones (excluding diaryl/α,β-unsaturated/α-hetero) is 1. The van der Waals surface area contributed by atoms with Crippen LogP contribution in [0.3, 0.4) is 0 Å². The van der Waals surface area contributed by atoms with Crippen molar-refractivity contribution >= 4 is 44.3 Å². The number of carbonyl (C=O) groups is 1. The molecular weight excluding hydrogens is 385 g/mol. The van der Waals surface area contributed by atoms with E-state index >= 15 is 0 Å². The topological polar surface area (TPSA) is 26.3 Å². The maximum atomic E-state index is 12.0. The Balaban J connectivity index is 3.22. The lowest BCUT2D eigenvalue weighted by Crippen LogP contribution is -2.06. The summed E-state index contributed by atoms with van der Waals surface area (Å²) in [6, 6.07) is 2.98. The molecule has 0 aliphatic heterocycles. The summed E-state index contributed by atoms with van der Waals surface area (Å²) in [5.41, 5.74) is 0.362. The summed E-state index contributed by atoms with van der Waals surface area (Å²) in [6.45, 7) is -1.52. The summed E-state index contributed by atoms with van der Waals surface area (Å²) >= 11 is 4.93. The fourth-order valence-electron chi connectivity index (χ4n) is 1.00. The molecule has 0 saturated carbocycles. The van der Waals surface area contributed by atoms with Gasteiger partial charge in [0, 0.05) is 10.0 Å². The molecule has 0 aliphatic carbocycles. The third-order valence-electron chi connectivity index (χ3n) is 1.60. The molecule has 0 N–H and O–H groups in total. The Kier molecular flexibility index (Phi) is 4.45. The van der Waals surface area contributed by atoms with Crippen molar-refractivity contribution in [2.45, 2.75) is 13.5 Å². The summed E-state index contributed by atoms with van der Waals surface area (Å²) in [5.74, 6) is -0.190. The average Bonchev–Trinajstić information content (AvgIpc) is 2.09.